The van der Waals surface area contributed by atoms with Crippen molar-refractivity contribution in [1.82, 2.24) is 0 Å². The third-order valence-electron chi connectivity index (χ3n) is 3.28. The van der Waals surface area contributed by atoms with E-state index in [-0.39, 0.29) is 17.0 Å². The minimum absolute atomic E-state index is 0.103. The molecule has 0 heterocycles. The van der Waals surface area contributed by atoms with E-state index in [0.717, 1.165) is 19.3 Å². The fourth-order valence-corrected chi connectivity index (χ4v) is 2.31. The highest BCUT2D eigenvalue weighted by atomic mass is 16.6. The van der Waals surface area contributed by atoms with Gasteiger partial charge in [0.2, 0.25) is 0 Å². The van der Waals surface area contributed by atoms with Crippen LogP contribution in [0.4, 0.5) is 0 Å². The first kappa shape index (κ1) is 14.0. The molecule has 1 rings (SSSR count). The van der Waals surface area contributed by atoms with Crippen molar-refractivity contribution in [2.24, 2.45) is 5.41 Å². The molecule has 0 saturated carbocycles. The zero-order chi connectivity index (χ0) is 13.1. The number of carbonyl (C=O) groups is 1. The van der Waals surface area contributed by atoms with Gasteiger partial charge in [-0.25, -0.2) is 0 Å². The molecule has 0 bridgehead atoms. The second kappa shape index (κ2) is 5.07. The standard InChI is InChI=1S/C15H24O2/c1-6-12-8-7-10-15(12,5)11-9-13(16)17-14(2,3)4/h6,8H,1,7,9-11H2,2-5H3/t15-/m0/s1. The Morgan fingerprint density at radius 3 is 2.76 bits per heavy atom. The second-order valence-electron chi connectivity index (χ2n) is 6.05. The van der Waals surface area contributed by atoms with Gasteiger partial charge in [0.05, 0.1) is 0 Å². The van der Waals surface area contributed by atoms with Gasteiger partial charge in [0.1, 0.15) is 5.60 Å². The van der Waals surface area contributed by atoms with Gasteiger partial charge in [-0.1, -0.05) is 25.7 Å². The van der Waals surface area contributed by atoms with Crippen LogP contribution >= 0.6 is 0 Å². The lowest BCUT2D eigenvalue weighted by Gasteiger charge is -2.27. The summed E-state index contributed by atoms with van der Waals surface area (Å²) < 4.78 is 5.33. The summed E-state index contributed by atoms with van der Waals surface area (Å²) >= 11 is 0. The molecule has 0 aromatic rings. The van der Waals surface area contributed by atoms with Gasteiger partial charge >= 0.3 is 5.97 Å². The van der Waals surface area contributed by atoms with E-state index in [2.05, 4.69) is 19.6 Å². The summed E-state index contributed by atoms with van der Waals surface area (Å²) in [5, 5.41) is 0. The van der Waals surface area contributed by atoms with Crippen LogP contribution in [-0.4, -0.2) is 11.6 Å². The van der Waals surface area contributed by atoms with Crippen molar-refractivity contribution in [3.63, 3.8) is 0 Å². The fourth-order valence-electron chi connectivity index (χ4n) is 2.31. The molecule has 1 aliphatic rings. The lowest BCUT2D eigenvalue weighted by atomic mass is 9.79. The highest BCUT2D eigenvalue weighted by Gasteiger charge is 2.31. The highest BCUT2D eigenvalue weighted by molar-refractivity contribution is 5.70. The molecule has 0 N–H and O–H groups in total. The fraction of sp³-hybridized carbons (Fsp3) is 0.667. The van der Waals surface area contributed by atoms with E-state index < -0.39 is 0 Å². The largest absolute Gasteiger partial charge is 0.460 e. The monoisotopic (exact) mass is 236 g/mol. The number of allylic oxidation sites excluding steroid dienone is 3. The second-order valence-corrected chi connectivity index (χ2v) is 6.05. The van der Waals surface area contributed by atoms with Crippen molar-refractivity contribution >= 4 is 5.97 Å². The lowest BCUT2D eigenvalue weighted by molar-refractivity contribution is -0.155. The predicted octanol–water partition coefficient (Wildman–Crippen LogP) is 4.02. The van der Waals surface area contributed by atoms with Crippen LogP contribution < -0.4 is 0 Å². The Morgan fingerprint density at radius 1 is 1.59 bits per heavy atom. The maximum atomic E-state index is 11.7. The molecular weight excluding hydrogens is 212 g/mol. The van der Waals surface area contributed by atoms with Crippen molar-refractivity contribution < 1.29 is 9.53 Å². The zero-order valence-electron chi connectivity index (χ0n) is 11.5. The highest BCUT2D eigenvalue weighted by Crippen LogP contribution is 2.43. The first-order chi connectivity index (χ1) is 7.77. The van der Waals surface area contributed by atoms with Crippen LogP contribution in [-0.2, 0) is 9.53 Å². The molecule has 96 valence electrons. The summed E-state index contributed by atoms with van der Waals surface area (Å²) in [7, 11) is 0. The third kappa shape index (κ3) is 4.03. The first-order valence-corrected chi connectivity index (χ1v) is 6.32. The van der Waals surface area contributed by atoms with Gasteiger partial charge in [0, 0.05) is 6.42 Å². The van der Waals surface area contributed by atoms with E-state index in [1.807, 2.05) is 26.8 Å². The van der Waals surface area contributed by atoms with E-state index in [1.165, 1.54) is 5.57 Å². The van der Waals surface area contributed by atoms with Crippen molar-refractivity contribution in [3.05, 3.63) is 24.3 Å². The first-order valence-electron chi connectivity index (χ1n) is 6.32. The summed E-state index contributed by atoms with van der Waals surface area (Å²) in [6.07, 6.45) is 7.67. The number of ether oxygens (including phenoxy) is 1. The zero-order valence-corrected chi connectivity index (χ0v) is 11.5. The molecule has 0 unspecified atom stereocenters. The number of esters is 1. The average Bonchev–Trinajstić information content (AvgIpc) is 2.55. The normalized spacial score (nSPS) is 24.4. The van der Waals surface area contributed by atoms with Gasteiger partial charge in [-0.05, 0) is 51.0 Å². The molecule has 0 spiro atoms. The summed E-state index contributed by atoms with van der Waals surface area (Å²) in [5.74, 6) is -0.103. The molecule has 0 aliphatic heterocycles. The quantitative estimate of drug-likeness (QED) is 0.689. The molecule has 2 nitrogen and oxygen atoms in total. The summed E-state index contributed by atoms with van der Waals surface area (Å²) in [4.78, 5) is 11.7. The molecule has 0 saturated heterocycles. The Labute approximate surface area is 105 Å². The molecule has 1 atom stereocenters. The van der Waals surface area contributed by atoms with Crippen LogP contribution in [0.2, 0.25) is 0 Å². The molecule has 1 aliphatic carbocycles. The van der Waals surface area contributed by atoms with Crippen LogP contribution in [0.3, 0.4) is 0 Å². The third-order valence-corrected chi connectivity index (χ3v) is 3.28. The van der Waals surface area contributed by atoms with E-state index in [9.17, 15) is 4.79 Å². The molecular formula is C15H24O2. The summed E-state index contributed by atoms with van der Waals surface area (Å²) in [6.45, 7) is 11.7. The van der Waals surface area contributed by atoms with E-state index >= 15 is 0 Å². The minimum Gasteiger partial charge on any atom is -0.460 e. The Morgan fingerprint density at radius 2 is 2.24 bits per heavy atom. The molecule has 2 heteroatoms. The molecule has 0 aromatic carbocycles. The van der Waals surface area contributed by atoms with Crippen LogP contribution in [0.15, 0.2) is 24.3 Å². The molecule has 0 aromatic heterocycles. The average molecular weight is 236 g/mol. The topological polar surface area (TPSA) is 26.3 Å². The molecule has 0 radical (unpaired) electrons. The van der Waals surface area contributed by atoms with Crippen molar-refractivity contribution in [2.75, 3.05) is 0 Å². The molecule has 0 amide bonds. The SMILES string of the molecule is C=CC1=CCC[C@@]1(C)CCC(=O)OC(C)(C)C. The number of hydrogen-bond acceptors (Lipinski definition) is 2. The maximum Gasteiger partial charge on any atom is 0.306 e. The van der Waals surface area contributed by atoms with Crippen LogP contribution in [0, 0.1) is 5.41 Å². The van der Waals surface area contributed by atoms with E-state index in [1.54, 1.807) is 0 Å². The van der Waals surface area contributed by atoms with Gasteiger partial charge in [0.25, 0.3) is 0 Å². The van der Waals surface area contributed by atoms with Gasteiger partial charge in [-0.15, -0.1) is 0 Å². The molecule has 17 heavy (non-hydrogen) atoms. The Hall–Kier alpha value is -1.05. The summed E-state index contributed by atoms with van der Waals surface area (Å²) in [5.41, 5.74) is 1.00. The predicted molar refractivity (Wildman–Crippen MR) is 70.7 cm³/mol. The minimum atomic E-state index is -0.384. The van der Waals surface area contributed by atoms with Crippen molar-refractivity contribution in [2.45, 2.75) is 59.0 Å². The Bertz CT molecular complexity index is 333. The lowest BCUT2D eigenvalue weighted by Crippen LogP contribution is -2.25. The smallest absolute Gasteiger partial charge is 0.306 e. The van der Waals surface area contributed by atoms with Crippen molar-refractivity contribution in [3.8, 4) is 0 Å². The van der Waals surface area contributed by atoms with Crippen LogP contribution in [0.5, 0.6) is 0 Å². The van der Waals surface area contributed by atoms with Crippen LogP contribution in [0.25, 0.3) is 0 Å². The maximum absolute atomic E-state index is 11.7. The number of hydrogen-bond donors (Lipinski definition) is 0. The Balaban J connectivity index is 2.48. The Kier molecular flexibility index (Phi) is 4.18. The molecule has 0 fully saturated rings. The van der Waals surface area contributed by atoms with E-state index in [4.69, 9.17) is 4.74 Å². The van der Waals surface area contributed by atoms with E-state index in [0.29, 0.717) is 6.42 Å². The van der Waals surface area contributed by atoms with Gasteiger partial charge in [0.15, 0.2) is 0 Å². The van der Waals surface area contributed by atoms with Crippen LogP contribution in [0.1, 0.15) is 53.4 Å². The number of carbonyl (C=O) groups excluding carboxylic acids is 1. The number of rotatable bonds is 4. The van der Waals surface area contributed by atoms with Crippen molar-refractivity contribution in [1.29, 1.82) is 0 Å². The van der Waals surface area contributed by atoms with Gasteiger partial charge in [-0.3, -0.25) is 4.79 Å². The van der Waals surface area contributed by atoms with Gasteiger partial charge in [-0.2, -0.15) is 0 Å². The summed E-state index contributed by atoms with van der Waals surface area (Å²) in [6, 6.07) is 0. The van der Waals surface area contributed by atoms with Gasteiger partial charge < -0.3 is 4.74 Å².